The van der Waals surface area contributed by atoms with Gasteiger partial charge in [0.1, 0.15) is 0 Å². The van der Waals surface area contributed by atoms with Gasteiger partial charge in [-0.1, -0.05) is 48.5 Å². The quantitative estimate of drug-likeness (QED) is 0.469. The maximum absolute atomic E-state index is 12.6. The lowest BCUT2D eigenvalue weighted by Crippen LogP contribution is -2.34. The Morgan fingerprint density at radius 3 is 2.13 bits per heavy atom. The molecule has 1 fully saturated rings. The summed E-state index contributed by atoms with van der Waals surface area (Å²) in [5.41, 5.74) is 2.56. The van der Waals surface area contributed by atoms with Gasteiger partial charge in [0.25, 0.3) is 0 Å². The van der Waals surface area contributed by atoms with E-state index in [0.29, 0.717) is 23.0 Å². The Morgan fingerprint density at radius 1 is 0.800 bits per heavy atom. The van der Waals surface area contributed by atoms with E-state index in [0.717, 1.165) is 42.4 Å². The lowest BCUT2D eigenvalue weighted by molar-refractivity contribution is 0.103. The molecule has 5 rings (SSSR count). The van der Waals surface area contributed by atoms with E-state index in [4.69, 9.17) is 0 Å². The molecule has 1 aromatic heterocycles. The summed E-state index contributed by atoms with van der Waals surface area (Å²) in [4.78, 5) is 15.0. The highest BCUT2D eigenvalue weighted by Gasteiger charge is 2.23. The second-order valence-electron chi connectivity index (χ2n) is 7.91. The van der Waals surface area contributed by atoms with Crippen LogP contribution < -0.4 is 4.90 Å². The number of hydrogen-bond acceptors (Lipinski definition) is 3. The molecule has 0 saturated carbocycles. The number of nitrogens with zero attached hydrogens (tertiary/aromatic N) is 2. The summed E-state index contributed by atoms with van der Waals surface area (Å²) in [7, 11) is 0. The third-order valence-corrected chi connectivity index (χ3v) is 6.11. The van der Waals surface area contributed by atoms with Crippen LogP contribution >= 0.6 is 0 Å². The molecule has 1 saturated heterocycles. The molecule has 0 spiro atoms. The summed E-state index contributed by atoms with van der Waals surface area (Å²) in [6, 6.07) is 25.6. The number of carbonyl (C=O) groups is 1. The summed E-state index contributed by atoms with van der Waals surface area (Å²) in [5.74, 6) is 0.420. The average molecular weight is 396 g/mol. The predicted molar refractivity (Wildman–Crippen MR) is 120 cm³/mol. The summed E-state index contributed by atoms with van der Waals surface area (Å²) in [6.07, 6.45) is 4.01. The zero-order valence-corrected chi connectivity index (χ0v) is 16.7. The highest BCUT2D eigenvalue weighted by Crippen LogP contribution is 2.35. The fraction of sp³-hybridized carbons (Fsp3) is 0.192. The molecule has 3 aromatic carbocycles. The van der Waals surface area contributed by atoms with Crippen LogP contribution in [0.15, 0.2) is 85.1 Å². The number of aromatic nitrogens is 1. The molecular formula is C26H24N2O2. The molecule has 1 aliphatic rings. The van der Waals surface area contributed by atoms with Gasteiger partial charge < -0.3 is 14.6 Å². The van der Waals surface area contributed by atoms with Gasteiger partial charge >= 0.3 is 0 Å². The Hall–Kier alpha value is -3.53. The highest BCUT2D eigenvalue weighted by molar-refractivity contribution is 6.09. The van der Waals surface area contributed by atoms with Crippen LogP contribution in [-0.2, 0) is 0 Å². The molecule has 150 valence electrons. The van der Waals surface area contributed by atoms with Crippen LogP contribution in [0.25, 0.3) is 10.8 Å². The minimum absolute atomic E-state index is 0.0519. The Morgan fingerprint density at radius 2 is 1.43 bits per heavy atom. The molecule has 1 N–H and O–H groups in total. The Bertz CT molecular complexity index is 1170. The number of carbonyl (C=O) groups excluding carboxylic acids is 1. The van der Waals surface area contributed by atoms with Crippen LogP contribution in [0.4, 0.5) is 5.69 Å². The van der Waals surface area contributed by atoms with E-state index in [-0.39, 0.29) is 5.78 Å². The summed E-state index contributed by atoms with van der Waals surface area (Å²) >= 11 is 0. The van der Waals surface area contributed by atoms with E-state index in [9.17, 15) is 9.90 Å². The number of anilines is 1. The number of fused-ring (bicyclic) bond motifs is 1. The van der Waals surface area contributed by atoms with Gasteiger partial charge in [-0.2, -0.15) is 0 Å². The highest BCUT2D eigenvalue weighted by atomic mass is 16.3. The second kappa shape index (κ2) is 7.71. The Kier molecular flexibility index (Phi) is 4.75. The number of aromatic hydroxyl groups is 1. The fourth-order valence-electron chi connectivity index (χ4n) is 4.42. The molecule has 4 aromatic rings. The van der Waals surface area contributed by atoms with Gasteiger partial charge in [-0.05, 0) is 43.2 Å². The fourth-order valence-corrected chi connectivity index (χ4v) is 4.42. The maximum atomic E-state index is 12.6. The Balaban J connectivity index is 1.27. The summed E-state index contributed by atoms with van der Waals surface area (Å²) in [6.45, 7) is 1.84. The van der Waals surface area contributed by atoms with Gasteiger partial charge in [0.05, 0.1) is 0 Å². The molecule has 4 heteroatoms. The van der Waals surface area contributed by atoms with Crippen LogP contribution in [0, 0.1) is 0 Å². The molecule has 0 atom stereocenters. The molecule has 0 unspecified atom stereocenters. The van der Waals surface area contributed by atoms with Crippen LogP contribution in [0.5, 0.6) is 5.88 Å². The van der Waals surface area contributed by atoms with Crippen molar-refractivity contribution >= 4 is 22.2 Å². The van der Waals surface area contributed by atoms with Crippen molar-refractivity contribution in [2.75, 3.05) is 18.0 Å². The third kappa shape index (κ3) is 3.35. The van der Waals surface area contributed by atoms with E-state index in [1.54, 1.807) is 0 Å². The van der Waals surface area contributed by atoms with Crippen molar-refractivity contribution in [2.24, 2.45) is 0 Å². The van der Waals surface area contributed by atoms with E-state index < -0.39 is 0 Å². The number of ketones is 1. The molecule has 0 aliphatic carbocycles. The van der Waals surface area contributed by atoms with Gasteiger partial charge in [0.2, 0.25) is 0 Å². The van der Waals surface area contributed by atoms with Crippen molar-refractivity contribution in [1.29, 1.82) is 0 Å². The van der Waals surface area contributed by atoms with E-state index >= 15 is 0 Å². The van der Waals surface area contributed by atoms with Crippen LogP contribution in [0.1, 0.15) is 34.8 Å². The first-order chi connectivity index (χ1) is 14.7. The molecule has 0 radical (unpaired) electrons. The number of rotatable bonds is 4. The predicted octanol–water partition coefficient (Wildman–Crippen LogP) is 5.42. The average Bonchev–Trinajstić information content (AvgIpc) is 3.16. The van der Waals surface area contributed by atoms with Gasteiger partial charge in [0, 0.05) is 52.9 Å². The SMILES string of the molecule is O=C(c1ccccc1)c1ccc(N2CCC(n3cc4ccccc4c3O)CC2)cc1. The molecule has 30 heavy (non-hydrogen) atoms. The van der Waals surface area contributed by atoms with Crippen LogP contribution in [0.2, 0.25) is 0 Å². The van der Waals surface area contributed by atoms with Crippen molar-refractivity contribution in [1.82, 2.24) is 4.57 Å². The van der Waals surface area contributed by atoms with E-state index in [2.05, 4.69) is 11.1 Å². The van der Waals surface area contributed by atoms with Crippen molar-refractivity contribution in [3.63, 3.8) is 0 Å². The molecular weight excluding hydrogens is 372 g/mol. The summed E-state index contributed by atoms with van der Waals surface area (Å²) < 4.78 is 2.03. The van der Waals surface area contributed by atoms with Crippen LogP contribution in [-0.4, -0.2) is 28.5 Å². The smallest absolute Gasteiger partial charge is 0.199 e. The Labute approximate surface area is 176 Å². The molecule has 4 nitrogen and oxygen atoms in total. The number of hydrogen-bond donors (Lipinski definition) is 1. The molecule has 2 heterocycles. The molecule has 0 bridgehead atoms. The molecule has 1 aliphatic heterocycles. The van der Waals surface area contributed by atoms with Crippen LogP contribution in [0.3, 0.4) is 0 Å². The number of benzene rings is 3. The van der Waals surface area contributed by atoms with E-state index in [1.807, 2.05) is 83.4 Å². The van der Waals surface area contributed by atoms with Gasteiger partial charge in [0.15, 0.2) is 11.7 Å². The normalized spacial score (nSPS) is 14.9. The van der Waals surface area contributed by atoms with Crippen molar-refractivity contribution < 1.29 is 9.90 Å². The van der Waals surface area contributed by atoms with E-state index in [1.165, 1.54) is 0 Å². The standard InChI is InChI=1S/C26H24N2O2/c29-25(19-6-2-1-3-7-19)20-10-12-22(13-11-20)27-16-14-23(15-17-27)28-18-21-8-4-5-9-24(21)26(28)30/h1-13,18,23,30H,14-17H2. The lowest BCUT2D eigenvalue weighted by atomic mass is 10.0. The number of piperidine rings is 1. The van der Waals surface area contributed by atoms with Crippen molar-refractivity contribution in [3.8, 4) is 5.88 Å². The van der Waals surface area contributed by atoms with Gasteiger partial charge in [-0.15, -0.1) is 0 Å². The van der Waals surface area contributed by atoms with Crippen molar-refractivity contribution in [3.05, 3.63) is 96.2 Å². The topological polar surface area (TPSA) is 45.5 Å². The zero-order valence-electron chi connectivity index (χ0n) is 16.7. The molecule has 0 amide bonds. The zero-order chi connectivity index (χ0) is 20.5. The lowest BCUT2D eigenvalue weighted by Gasteiger charge is -2.34. The monoisotopic (exact) mass is 396 g/mol. The summed E-state index contributed by atoms with van der Waals surface area (Å²) in [5, 5.41) is 12.6. The first-order valence-corrected chi connectivity index (χ1v) is 10.4. The minimum Gasteiger partial charge on any atom is -0.494 e. The van der Waals surface area contributed by atoms with Crippen molar-refractivity contribution in [2.45, 2.75) is 18.9 Å². The maximum Gasteiger partial charge on any atom is 0.199 e. The van der Waals surface area contributed by atoms with Gasteiger partial charge in [-0.3, -0.25) is 4.79 Å². The largest absolute Gasteiger partial charge is 0.494 e. The first kappa shape index (κ1) is 18.5. The first-order valence-electron chi connectivity index (χ1n) is 10.4. The minimum atomic E-state index is 0.0519. The third-order valence-electron chi connectivity index (χ3n) is 6.11. The van der Waals surface area contributed by atoms with Gasteiger partial charge in [-0.25, -0.2) is 0 Å². The second-order valence-corrected chi connectivity index (χ2v) is 7.91.